The van der Waals surface area contributed by atoms with Gasteiger partial charge in [-0.05, 0) is 80.0 Å². The van der Waals surface area contributed by atoms with E-state index in [9.17, 15) is 22.8 Å². The Labute approximate surface area is 220 Å². The Morgan fingerprint density at radius 1 is 1.03 bits per heavy atom. The van der Waals surface area contributed by atoms with Crippen molar-refractivity contribution in [3.8, 4) is 5.75 Å². The summed E-state index contributed by atoms with van der Waals surface area (Å²) in [6, 6.07) is 11.5. The fraction of sp³-hybridized carbons (Fsp3) is 0.586. The number of rotatable bonds is 6. The number of ether oxygens (including phenoxy) is 2. The molecule has 0 aromatic heterocycles. The summed E-state index contributed by atoms with van der Waals surface area (Å²) in [6.45, 7) is 6.12. The van der Waals surface area contributed by atoms with Crippen LogP contribution in [0.2, 0.25) is 0 Å². The number of alkyl halides is 3. The van der Waals surface area contributed by atoms with Gasteiger partial charge >= 0.3 is 12.1 Å². The zero-order valence-corrected chi connectivity index (χ0v) is 22.2. The number of likely N-dealkylation sites (tertiary alicyclic amines) is 1. The van der Waals surface area contributed by atoms with Gasteiger partial charge in [0.05, 0.1) is 18.6 Å². The highest BCUT2D eigenvalue weighted by atomic mass is 19.4. The van der Waals surface area contributed by atoms with Crippen LogP contribution in [0.5, 0.6) is 5.75 Å². The van der Waals surface area contributed by atoms with Gasteiger partial charge in [-0.15, -0.1) is 0 Å². The van der Waals surface area contributed by atoms with E-state index in [0.717, 1.165) is 28.5 Å². The summed E-state index contributed by atoms with van der Waals surface area (Å²) in [7, 11) is 1.63. The second-order valence-electron chi connectivity index (χ2n) is 12.1. The number of nitrogens with one attached hydrogen (secondary N) is 1. The minimum atomic E-state index is -4.58. The Hall–Kier alpha value is -2.81. The Balaban J connectivity index is 1.39. The summed E-state index contributed by atoms with van der Waals surface area (Å²) in [5.74, 6) is -0.579. The molecule has 0 spiro atoms. The maximum atomic E-state index is 13.2. The van der Waals surface area contributed by atoms with Crippen molar-refractivity contribution in [2.45, 2.75) is 70.9 Å². The molecule has 1 amide bonds. The lowest BCUT2D eigenvalue weighted by atomic mass is 9.74. The number of esters is 1. The number of amides is 1. The number of carbonyl (C=O) groups is 2. The first-order valence-electron chi connectivity index (χ1n) is 13.2. The van der Waals surface area contributed by atoms with Crippen LogP contribution in [0.1, 0.15) is 45.6 Å². The van der Waals surface area contributed by atoms with E-state index in [2.05, 4.69) is 11.4 Å². The van der Waals surface area contributed by atoms with Crippen LogP contribution in [0.4, 0.5) is 13.2 Å². The Bertz CT molecular complexity index is 1220. The quantitative estimate of drug-likeness (QED) is 0.526. The third-order valence-electron chi connectivity index (χ3n) is 8.33. The predicted molar refractivity (Wildman–Crippen MR) is 136 cm³/mol. The summed E-state index contributed by atoms with van der Waals surface area (Å²) >= 11 is 0. The zero-order chi connectivity index (χ0) is 27.4. The van der Waals surface area contributed by atoms with Crippen LogP contribution in [0.3, 0.4) is 0 Å². The van der Waals surface area contributed by atoms with E-state index in [-0.39, 0.29) is 30.3 Å². The molecule has 2 aromatic rings. The molecule has 2 aromatic carbocycles. The first-order chi connectivity index (χ1) is 17.8. The molecule has 3 bridgehead atoms. The number of fused-ring (bicyclic) bond motifs is 3. The van der Waals surface area contributed by atoms with E-state index in [4.69, 9.17) is 9.47 Å². The molecule has 1 saturated heterocycles. The molecule has 2 saturated carbocycles. The highest BCUT2D eigenvalue weighted by Crippen LogP contribution is 2.53. The number of nitrogens with zero attached hydrogens (tertiary/aromatic N) is 1. The molecule has 3 aliphatic rings. The molecule has 1 N–H and O–H groups in total. The number of halogens is 3. The maximum absolute atomic E-state index is 13.2. The van der Waals surface area contributed by atoms with Gasteiger partial charge in [0.2, 0.25) is 5.91 Å². The van der Waals surface area contributed by atoms with E-state index in [1.807, 2.05) is 30.3 Å². The van der Waals surface area contributed by atoms with E-state index >= 15 is 0 Å². The standard InChI is InChI=1S/C29H35F3N2O4/c1-28(2,3)27(36)38-26-22-11-17-10-21(25(26)34(15-17)23(35)13-29(30,31)32)24(22)33-14-16-5-6-19-12-20(37-4)8-7-18(19)9-16/h5-9,12,17,21-22,24-26,33H,10-11,13-15H2,1-4H3/t17?,21-,22?,24?,25?,26-/m0/s1. The third kappa shape index (κ3) is 5.22. The van der Waals surface area contributed by atoms with Crippen LogP contribution in [0.15, 0.2) is 36.4 Å². The third-order valence-corrected chi connectivity index (χ3v) is 8.33. The van der Waals surface area contributed by atoms with Gasteiger partial charge in [0.25, 0.3) is 0 Å². The topological polar surface area (TPSA) is 67.9 Å². The molecule has 0 radical (unpaired) electrons. The monoisotopic (exact) mass is 532 g/mol. The normalized spacial score (nSPS) is 28.6. The minimum absolute atomic E-state index is 0.0662. The van der Waals surface area contributed by atoms with E-state index < -0.39 is 42.0 Å². The van der Waals surface area contributed by atoms with E-state index in [1.165, 1.54) is 4.90 Å². The van der Waals surface area contributed by atoms with Gasteiger partial charge in [-0.25, -0.2) is 0 Å². The van der Waals surface area contributed by atoms with Gasteiger partial charge in [0.15, 0.2) is 0 Å². The van der Waals surface area contributed by atoms with Gasteiger partial charge < -0.3 is 19.7 Å². The highest BCUT2D eigenvalue weighted by molar-refractivity contribution is 5.84. The second kappa shape index (κ2) is 9.74. The number of benzene rings is 2. The molecule has 9 heteroatoms. The fourth-order valence-electron chi connectivity index (χ4n) is 6.67. The summed E-state index contributed by atoms with van der Waals surface area (Å²) < 4.78 is 50.8. The molecular formula is C29H35F3N2O4. The van der Waals surface area contributed by atoms with Gasteiger partial charge in [-0.3, -0.25) is 9.59 Å². The molecule has 6 nitrogen and oxygen atoms in total. The smallest absolute Gasteiger partial charge is 0.397 e. The number of hydrogen-bond donors (Lipinski definition) is 1. The van der Waals surface area contributed by atoms with Crippen LogP contribution >= 0.6 is 0 Å². The van der Waals surface area contributed by atoms with Crippen LogP contribution in [-0.2, 0) is 20.9 Å². The molecular weight excluding hydrogens is 497 g/mol. The van der Waals surface area contributed by atoms with Crippen molar-refractivity contribution in [1.82, 2.24) is 10.2 Å². The van der Waals surface area contributed by atoms with E-state index in [0.29, 0.717) is 13.0 Å². The fourth-order valence-corrected chi connectivity index (χ4v) is 6.67. The van der Waals surface area contributed by atoms with Crippen LogP contribution in [0.25, 0.3) is 10.8 Å². The molecule has 4 unspecified atom stereocenters. The van der Waals surface area contributed by atoms with E-state index in [1.54, 1.807) is 27.9 Å². The average Bonchev–Trinajstić information content (AvgIpc) is 2.94. The largest absolute Gasteiger partial charge is 0.497 e. The zero-order valence-electron chi connectivity index (χ0n) is 22.2. The van der Waals surface area contributed by atoms with Crippen molar-refractivity contribution in [3.05, 3.63) is 42.0 Å². The van der Waals surface area contributed by atoms with Crippen LogP contribution in [-0.4, -0.2) is 54.8 Å². The van der Waals surface area contributed by atoms with Crippen LogP contribution in [0, 0.1) is 23.2 Å². The van der Waals surface area contributed by atoms with Gasteiger partial charge in [0, 0.05) is 25.0 Å². The molecule has 5 rings (SSSR count). The summed E-state index contributed by atoms with van der Waals surface area (Å²) in [6.07, 6.45) is -5.19. The number of hydrogen-bond acceptors (Lipinski definition) is 5. The van der Waals surface area contributed by atoms with Crippen LogP contribution < -0.4 is 10.1 Å². The summed E-state index contributed by atoms with van der Waals surface area (Å²) in [5, 5.41) is 5.79. The number of carbonyl (C=O) groups excluding carboxylic acids is 2. The first kappa shape index (κ1) is 26.8. The summed E-state index contributed by atoms with van der Waals surface area (Å²) in [4.78, 5) is 27.1. The van der Waals surface area contributed by atoms with Crippen molar-refractivity contribution >= 4 is 22.6 Å². The lowest BCUT2D eigenvalue weighted by molar-refractivity contribution is -0.173. The molecule has 2 aliphatic carbocycles. The molecule has 1 heterocycles. The van der Waals surface area contributed by atoms with Crippen molar-refractivity contribution in [3.63, 3.8) is 0 Å². The van der Waals surface area contributed by atoms with Gasteiger partial charge in [-0.1, -0.05) is 18.2 Å². The lowest BCUT2D eigenvalue weighted by Crippen LogP contribution is -2.56. The van der Waals surface area contributed by atoms with Gasteiger partial charge in [0.1, 0.15) is 18.3 Å². The molecule has 6 atom stereocenters. The highest BCUT2D eigenvalue weighted by Gasteiger charge is 2.62. The molecule has 1 aliphatic heterocycles. The number of piperidine rings is 1. The van der Waals surface area contributed by atoms with Crippen molar-refractivity contribution < 1.29 is 32.2 Å². The number of methoxy groups -OCH3 is 1. The minimum Gasteiger partial charge on any atom is -0.497 e. The van der Waals surface area contributed by atoms with Crippen molar-refractivity contribution in [2.75, 3.05) is 13.7 Å². The van der Waals surface area contributed by atoms with Crippen molar-refractivity contribution in [1.29, 1.82) is 0 Å². The lowest BCUT2D eigenvalue weighted by Gasteiger charge is -2.45. The summed E-state index contributed by atoms with van der Waals surface area (Å²) in [5.41, 5.74) is 0.317. The van der Waals surface area contributed by atoms with Gasteiger partial charge in [-0.2, -0.15) is 13.2 Å². The Morgan fingerprint density at radius 3 is 2.39 bits per heavy atom. The van der Waals surface area contributed by atoms with Crippen molar-refractivity contribution in [2.24, 2.45) is 23.2 Å². The maximum Gasteiger partial charge on any atom is 0.397 e. The SMILES string of the molecule is COc1ccc2cc(CNC3C4CC5C[C@@H]3C([C@H]4OC(=O)C(C)(C)C)N(C(=O)CC(F)(F)F)C5)ccc2c1. The average molecular weight is 533 g/mol. The molecule has 206 valence electrons. The molecule has 3 fully saturated rings. The second-order valence-corrected chi connectivity index (χ2v) is 12.1. The first-order valence-corrected chi connectivity index (χ1v) is 13.2. The Morgan fingerprint density at radius 2 is 1.71 bits per heavy atom. The Kier molecular flexibility index (Phi) is 6.86. The predicted octanol–water partition coefficient (Wildman–Crippen LogP) is 5.08. The molecule has 38 heavy (non-hydrogen) atoms.